The first-order chi connectivity index (χ1) is 17.4. The molecular formula is C23H45N5O8V2-2. The molecule has 15 heteroatoms. The zero-order valence-corrected chi connectivity index (χ0v) is 25.5. The van der Waals surface area contributed by atoms with Gasteiger partial charge in [0.2, 0.25) is 23.6 Å². The van der Waals surface area contributed by atoms with Gasteiger partial charge >= 0.3 is 0 Å². The van der Waals surface area contributed by atoms with Crippen LogP contribution in [0, 0.1) is 13.8 Å². The topological polar surface area (TPSA) is 165 Å². The number of carbonyl (C=O) groups is 4. The number of amides is 4. The van der Waals surface area contributed by atoms with E-state index in [1.807, 2.05) is 7.05 Å². The zero-order valence-electron chi connectivity index (χ0n) is 22.7. The molecule has 0 heterocycles. The van der Waals surface area contributed by atoms with Gasteiger partial charge in [0.15, 0.2) is 0 Å². The Bertz CT molecular complexity index is 578. The summed E-state index contributed by atoms with van der Waals surface area (Å²) in [6.07, 6.45) is 1.38. The molecule has 5 N–H and O–H groups in total. The van der Waals surface area contributed by atoms with Gasteiger partial charge in [-0.3, -0.25) is 19.2 Å². The van der Waals surface area contributed by atoms with Crippen LogP contribution in [0.1, 0.15) is 19.3 Å². The van der Waals surface area contributed by atoms with Crippen LogP contribution in [0.5, 0.6) is 0 Å². The Morgan fingerprint density at radius 2 is 1.03 bits per heavy atom. The van der Waals surface area contributed by atoms with Gasteiger partial charge in [0.25, 0.3) is 0 Å². The van der Waals surface area contributed by atoms with E-state index in [1.165, 1.54) is 0 Å². The predicted octanol–water partition coefficient (Wildman–Crippen LogP) is -1.81. The van der Waals surface area contributed by atoms with Crippen LogP contribution in [0.2, 0.25) is 0 Å². The fraction of sp³-hybridized carbons (Fsp3) is 0.739. The molecule has 4 amide bonds. The van der Waals surface area contributed by atoms with Crippen LogP contribution < -0.4 is 26.6 Å². The molecule has 0 aliphatic heterocycles. The third kappa shape index (κ3) is 37.0. The van der Waals surface area contributed by atoms with Crippen molar-refractivity contribution in [1.29, 1.82) is 0 Å². The number of hydrogen-bond donors (Lipinski definition) is 5. The number of carbonyl (C=O) groups excluding carboxylic acids is 4. The van der Waals surface area contributed by atoms with Crippen LogP contribution in [0.25, 0.3) is 0 Å². The number of likely N-dealkylation sites (N-methyl/N-ethyl adjacent to an activating group) is 1. The van der Waals surface area contributed by atoms with Crippen molar-refractivity contribution in [2.24, 2.45) is 0 Å². The Kier molecular flexibility index (Phi) is 41.4. The normalized spacial score (nSPS) is 9.58. The first-order valence-electron chi connectivity index (χ1n) is 12.0. The number of hydrogen-bond acceptors (Lipinski definition) is 9. The molecule has 222 valence electrons. The van der Waals surface area contributed by atoms with Crippen LogP contribution in [0.4, 0.5) is 0 Å². The summed E-state index contributed by atoms with van der Waals surface area (Å²) in [4.78, 5) is 44.0. The minimum Gasteiger partial charge on any atom is -0.386 e. The van der Waals surface area contributed by atoms with E-state index in [0.29, 0.717) is 78.5 Å². The van der Waals surface area contributed by atoms with Gasteiger partial charge in [0.1, 0.15) is 13.2 Å². The average molecular weight is 622 g/mol. The standard InChI is InChI=1S/C15H30N3O6.C8H15N2O2.2V/c1-3-17-14(19)12-24-13-15(20)18-5-7-22-9-11-23-10-8-21-6-4-16-2;1-3-10-8(12)6-4-5-7(11)9-2;;/h16H,1,3-13H2,2H3,(H,17,19)(H,18,20);1,3-6H2,2H3,(H,9,11)(H,10,12);;/q2*-1;;. The number of rotatable bonds is 22. The summed E-state index contributed by atoms with van der Waals surface area (Å²) >= 11 is 0. The number of nitrogens with one attached hydrogen (secondary N) is 5. The van der Waals surface area contributed by atoms with Crippen molar-refractivity contribution in [1.82, 2.24) is 26.6 Å². The molecule has 0 bridgehead atoms. The van der Waals surface area contributed by atoms with Gasteiger partial charge in [0.05, 0.1) is 39.6 Å². The maximum absolute atomic E-state index is 11.4. The minimum absolute atomic E-state index is 0. The molecule has 13 nitrogen and oxygen atoms in total. The van der Waals surface area contributed by atoms with E-state index in [-0.39, 0.29) is 74.0 Å². The molecule has 0 saturated heterocycles. The number of ether oxygens (including phenoxy) is 4. The van der Waals surface area contributed by atoms with Crippen molar-refractivity contribution in [2.75, 3.05) is 93.1 Å². The van der Waals surface area contributed by atoms with E-state index in [9.17, 15) is 19.2 Å². The summed E-state index contributed by atoms with van der Waals surface area (Å²) in [5, 5.41) is 13.1. The molecule has 0 spiro atoms. The molecule has 0 fully saturated rings. The quantitative estimate of drug-likeness (QED) is 0.0692. The average Bonchev–Trinajstić information content (AvgIpc) is 2.85. The smallest absolute Gasteiger partial charge is 0.246 e. The van der Waals surface area contributed by atoms with Gasteiger partial charge in [0, 0.05) is 70.1 Å². The molecule has 0 atom stereocenters. The molecular weight excluding hydrogens is 576 g/mol. The maximum atomic E-state index is 11.4. The second-order valence-corrected chi connectivity index (χ2v) is 7.01. The van der Waals surface area contributed by atoms with Crippen LogP contribution in [-0.2, 0) is 75.2 Å². The third-order valence-corrected chi connectivity index (χ3v) is 4.01. The molecule has 0 aliphatic carbocycles. The van der Waals surface area contributed by atoms with Gasteiger partial charge in [-0.2, -0.15) is 0 Å². The molecule has 0 aromatic carbocycles. The molecule has 0 rings (SSSR count). The second-order valence-electron chi connectivity index (χ2n) is 7.01. The van der Waals surface area contributed by atoms with Crippen LogP contribution >= 0.6 is 0 Å². The first kappa shape index (κ1) is 43.9. The molecule has 0 unspecified atom stereocenters. The Labute approximate surface area is 251 Å². The van der Waals surface area contributed by atoms with Gasteiger partial charge in [-0.1, -0.05) is 0 Å². The van der Waals surface area contributed by atoms with Crippen LogP contribution in [0.3, 0.4) is 0 Å². The summed E-state index contributed by atoms with van der Waals surface area (Å²) in [6.45, 7) is 11.6. The Morgan fingerprint density at radius 1 is 0.579 bits per heavy atom. The predicted molar refractivity (Wildman–Crippen MR) is 135 cm³/mol. The second kappa shape index (κ2) is 35.8. The fourth-order valence-electron chi connectivity index (χ4n) is 2.22. The van der Waals surface area contributed by atoms with Crippen molar-refractivity contribution in [3.63, 3.8) is 0 Å². The maximum Gasteiger partial charge on any atom is 0.246 e. The summed E-state index contributed by atoms with van der Waals surface area (Å²) in [6, 6.07) is 0. The molecule has 0 aromatic rings. The largest absolute Gasteiger partial charge is 0.386 e. The fourth-order valence-corrected chi connectivity index (χ4v) is 2.22. The van der Waals surface area contributed by atoms with Crippen LogP contribution in [0.15, 0.2) is 0 Å². The van der Waals surface area contributed by atoms with Crippen molar-refractivity contribution in [3.8, 4) is 0 Å². The van der Waals surface area contributed by atoms with Crippen molar-refractivity contribution >= 4 is 23.6 Å². The summed E-state index contributed by atoms with van der Waals surface area (Å²) in [5.74, 6) is -0.670. The van der Waals surface area contributed by atoms with Gasteiger partial charge in [-0.25, -0.2) is 0 Å². The van der Waals surface area contributed by atoms with E-state index in [1.54, 1.807) is 7.05 Å². The Balaban J connectivity index is -0.000000351. The monoisotopic (exact) mass is 621 g/mol. The first-order valence-corrected chi connectivity index (χ1v) is 12.0. The SMILES string of the molecule is [CH2-]CNC(=O)CCCC(=O)NC.[CH2-]CNC(=O)COCC(=O)NCCOCCOCCOCCNC.[V].[V]. The summed E-state index contributed by atoms with van der Waals surface area (Å²) in [7, 11) is 3.45. The van der Waals surface area contributed by atoms with Crippen LogP contribution in [-0.4, -0.2) is 117 Å². The Morgan fingerprint density at radius 3 is 1.53 bits per heavy atom. The van der Waals surface area contributed by atoms with Crippen molar-refractivity contribution in [3.05, 3.63) is 13.8 Å². The summed E-state index contributed by atoms with van der Waals surface area (Å²) in [5.41, 5.74) is 0. The molecule has 0 aromatic heterocycles. The van der Waals surface area contributed by atoms with Gasteiger partial charge < -0.3 is 59.4 Å². The molecule has 0 saturated carbocycles. The van der Waals surface area contributed by atoms with Gasteiger partial charge in [-0.05, 0) is 13.5 Å². The molecule has 2 radical (unpaired) electrons. The third-order valence-electron chi connectivity index (χ3n) is 4.01. The van der Waals surface area contributed by atoms with E-state index in [0.717, 1.165) is 6.54 Å². The van der Waals surface area contributed by atoms with E-state index < -0.39 is 0 Å². The zero-order chi connectivity index (χ0) is 27.3. The minimum atomic E-state index is -0.298. The Hall–Kier alpha value is -1.15. The van der Waals surface area contributed by atoms with E-state index in [4.69, 9.17) is 18.9 Å². The molecule has 0 aliphatic rings. The van der Waals surface area contributed by atoms with Crippen molar-refractivity contribution in [2.45, 2.75) is 19.3 Å². The van der Waals surface area contributed by atoms with Gasteiger partial charge in [-0.15, -0.1) is 13.1 Å². The van der Waals surface area contributed by atoms with Crippen molar-refractivity contribution < 1.29 is 75.2 Å². The van der Waals surface area contributed by atoms with E-state index in [2.05, 4.69) is 40.4 Å². The van der Waals surface area contributed by atoms with E-state index >= 15 is 0 Å². The molecule has 38 heavy (non-hydrogen) atoms. The summed E-state index contributed by atoms with van der Waals surface area (Å²) < 4.78 is 20.8.